The number of methoxy groups -OCH3 is 2. The van der Waals surface area contributed by atoms with Gasteiger partial charge in [-0.2, -0.15) is 0 Å². The number of carbonyl (C=O) groups is 1. The highest BCUT2D eigenvalue weighted by Crippen LogP contribution is 2.27. The number of hydrogen-bond acceptors (Lipinski definition) is 4. The number of carbonyl (C=O) groups excluding carboxylic acids is 1. The van der Waals surface area contributed by atoms with Gasteiger partial charge in [0.2, 0.25) is 5.91 Å². The zero-order valence-electron chi connectivity index (χ0n) is 16.2. The highest BCUT2D eigenvalue weighted by molar-refractivity contribution is 5.78. The van der Waals surface area contributed by atoms with Crippen molar-refractivity contribution in [1.82, 2.24) is 5.32 Å². The van der Waals surface area contributed by atoms with Gasteiger partial charge in [0.05, 0.1) is 20.6 Å². The fourth-order valence-corrected chi connectivity index (χ4v) is 3.42. The number of nitrogens with one attached hydrogen (secondary N) is 1. The monoisotopic (exact) mass is 368 g/mol. The Morgan fingerprint density at radius 2 is 1.59 bits per heavy atom. The van der Waals surface area contributed by atoms with Crippen molar-refractivity contribution in [3.63, 3.8) is 0 Å². The van der Waals surface area contributed by atoms with Crippen LogP contribution in [0.3, 0.4) is 0 Å². The molecule has 0 saturated carbocycles. The molecule has 5 nitrogen and oxygen atoms in total. The first-order valence-corrected chi connectivity index (χ1v) is 9.51. The SMILES string of the molecule is COc1ccc(CNC(=O)Cc2ccc(N3CCCCC3)cc2)cc1OC. The van der Waals surface area contributed by atoms with Gasteiger partial charge in [0.1, 0.15) is 0 Å². The smallest absolute Gasteiger partial charge is 0.224 e. The van der Waals surface area contributed by atoms with Crippen molar-refractivity contribution < 1.29 is 14.3 Å². The van der Waals surface area contributed by atoms with E-state index in [1.54, 1.807) is 14.2 Å². The standard InChI is InChI=1S/C22H28N2O3/c1-26-20-11-8-18(14-21(20)27-2)16-23-22(25)15-17-6-9-19(10-7-17)24-12-4-3-5-13-24/h6-11,14H,3-5,12-13,15-16H2,1-2H3,(H,23,25). The van der Waals surface area contributed by atoms with E-state index in [1.807, 2.05) is 18.2 Å². The van der Waals surface area contributed by atoms with Gasteiger partial charge < -0.3 is 19.7 Å². The summed E-state index contributed by atoms with van der Waals surface area (Å²) in [5, 5.41) is 2.97. The van der Waals surface area contributed by atoms with Crippen molar-refractivity contribution >= 4 is 11.6 Å². The molecule has 5 heteroatoms. The molecule has 27 heavy (non-hydrogen) atoms. The lowest BCUT2D eigenvalue weighted by Gasteiger charge is -2.28. The van der Waals surface area contributed by atoms with Crippen LogP contribution < -0.4 is 19.7 Å². The number of piperidine rings is 1. The van der Waals surface area contributed by atoms with Crippen molar-refractivity contribution in [2.45, 2.75) is 32.2 Å². The summed E-state index contributed by atoms with van der Waals surface area (Å²) in [6, 6.07) is 14.0. The van der Waals surface area contributed by atoms with Gasteiger partial charge >= 0.3 is 0 Å². The van der Waals surface area contributed by atoms with Gasteiger partial charge in [-0.1, -0.05) is 18.2 Å². The summed E-state index contributed by atoms with van der Waals surface area (Å²) in [5.41, 5.74) is 3.26. The van der Waals surface area contributed by atoms with Gasteiger partial charge in [-0.3, -0.25) is 4.79 Å². The molecule has 1 amide bonds. The first-order chi connectivity index (χ1) is 13.2. The molecule has 1 N–H and O–H groups in total. The lowest BCUT2D eigenvalue weighted by Crippen LogP contribution is -2.29. The van der Waals surface area contributed by atoms with Crippen LogP contribution in [0.5, 0.6) is 11.5 Å². The Balaban J connectivity index is 1.51. The van der Waals surface area contributed by atoms with Gasteiger partial charge in [-0.15, -0.1) is 0 Å². The second kappa shape index (κ2) is 9.31. The molecule has 2 aromatic carbocycles. The number of nitrogens with zero attached hydrogens (tertiary/aromatic N) is 1. The molecule has 1 heterocycles. The Bertz CT molecular complexity index is 753. The van der Waals surface area contributed by atoms with Crippen molar-refractivity contribution in [3.8, 4) is 11.5 Å². The van der Waals surface area contributed by atoms with Gasteiger partial charge in [-0.05, 0) is 54.7 Å². The van der Waals surface area contributed by atoms with E-state index >= 15 is 0 Å². The lowest BCUT2D eigenvalue weighted by molar-refractivity contribution is -0.120. The van der Waals surface area contributed by atoms with Crippen LogP contribution in [-0.4, -0.2) is 33.2 Å². The van der Waals surface area contributed by atoms with Crippen molar-refractivity contribution in [2.24, 2.45) is 0 Å². The summed E-state index contributed by atoms with van der Waals surface area (Å²) in [7, 11) is 3.21. The van der Waals surface area contributed by atoms with Crippen molar-refractivity contribution in [3.05, 3.63) is 53.6 Å². The fourth-order valence-electron chi connectivity index (χ4n) is 3.42. The van der Waals surface area contributed by atoms with E-state index in [-0.39, 0.29) is 5.91 Å². The number of benzene rings is 2. The third-order valence-electron chi connectivity index (χ3n) is 4.96. The maximum atomic E-state index is 12.3. The molecule has 2 aromatic rings. The number of amides is 1. The summed E-state index contributed by atoms with van der Waals surface area (Å²) >= 11 is 0. The van der Waals surface area contributed by atoms with Crippen LogP contribution in [0.4, 0.5) is 5.69 Å². The molecule has 1 saturated heterocycles. The maximum absolute atomic E-state index is 12.3. The van der Waals surface area contributed by atoms with Crippen LogP contribution in [0.2, 0.25) is 0 Å². The summed E-state index contributed by atoms with van der Waals surface area (Å²) in [4.78, 5) is 14.7. The Labute approximate surface area is 161 Å². The molecule has 1 fully saturated rings. The van der Waals surface area contributed by atoms with Gasteiger partial charge in [0.15, 0.2) is 11.5 Å². The molecule has 0 bridgehead atoms. The molecule has 144 valence electrons. The molecule has 0 spiro atoms. The van der Waals surface area contributed by atoms with Crippen molar-refractivity contribution in [1.29, 1.82) is 0 Å². The minimum Gasteiger partial charge on any atom is -0.493 e. The Kier molecular flexibility index (Phi) is 6.58. The van der Waals surface area contributed by atoms with Gasteiger partial charge in [-0.25, -0.2) is 0 Å². The van der Waals surface area contributed by atoms with E-state index in [0.717, 1.165) is 24.2 Å². The fraction of sp³-hybridized carbons (Fsp3) is 0.409. The first kappa shape index (κ1) is 19.1. The van der Waals surface area contributed by atoms with Crippen molar-refractivity contribution in [2.75, 3.05) is 32.2 Å². The molecule has 0 aromatic heterocycles. The second-order valence-electron chi connectivity index (χ2n) is 6.86. The van der Waals surface area contributed by atoms with E-state index in [4.69, 9.17) is 9.47 Å². The highest BCUT2D eigenvalue weighted by atomic mass is 16.5. The molecule has 1 aliphatic heterocycles. The van der Waals surface area contributed by atoms with Crippen LogP contribution >= 0.6 is 0 Å². The van der Waals surface area contributed by atoms with Crippen LogP contribution in [0.15, 0.2) is 42.5 Å². The predicted molar refractivity (Wildman–Crippen MR) is 108 cm³/mol. The average molecular weight is 368 g/mol. The first-order valence-electron chi connectivity index (χ1n) is 9.51. The van der Waals surface area contributed by atoms with E-state index in [0.29, 0.717) is 24.5 Å². The Morgan fingerprint density at radius 1 is 0.926 bits per heavy atom. The van der Waals surface area contributed by atoms with Crippen LogP contribution in [-0.2, 0) is 17.8 Å². The minimum atomic E-state index is 0.00973. The summed E-state index contributed by atoms with van der Waals surface area (Å²) in [6.07, 6.45) is 4.24. The quantitative estimate of drug-likeness (QED) is 0.812. The molecular formula is C22H28N2O3. The molecule has 0 aliphatic carbocycles. The molecule has 3 rings (SSSR count). The van der Waals surface area contributed by atoms with Gasteiger partial charge in [0, 0.05) is 25.3 Å². The Hall–Kier alpha value is -2.69. The maximum Gasteiger partial charge on any atom is 0.224 e. The zero-order valence-corrected chi connectivity index (χ0v) is 16.2. The van der Waals surface area contributed by atoms with E-state index in [9.17, 15) is 4.79 Å². The molecule has 0 radical (unpaired) electrons. The lowest BCUT2D eigenvalue weighted by atomic mass is 10.1. The van der Waals surface area contributed by atoms with E-state index in [2.05, 4.69) is 34.5 Å². The average Bonchev–Trinajstić information content (AvgIpc) is 2.73. The van der Waals surface area contributed by atoms with E-state index < -0.39 is 0 Å². The topological polar surface area (TPSA) is 50.8 Å². The van der Waals surface area contributed by atoms with Crippen LogP contribution in [0.1, 0.15) is 30.4 Å². The molecule has 1 aliphatic rings. The van der Waals surface area contributed by atoms with Crippen LogP contribution in [0, 0.1) is 0 Å². The third kappa shape index (κ3) is 5.16. The molecular weight excluding hydrogens is 340 g/mol. The number of rotatable bonds is 7. The largest absolute Gasteiger partial charge is 0.493 e. The summed E-state index contributed by atoms with van der Waals surface area (Å²) < 4.78 is 10.5. The zero-order chi connectivity index (χ0) is 19.1. The highest BCUT2D eigenvalue weighted by Gasteiger charge is 2.11. The summed E-state index contributed by atoms with van der Waals surface area (Å²) in [5.74, 6) is 1.36. The minimum absolute atomic E-state index is 0.00973. The van der Waals surface area contributed by atoms with E-state index in [1.165, 1.54) is 24.9 Å². The molecule has 0 unspecified atom stereocenters. The predicted octanol–water partition coefficient (Wildman–Crippen LogP) is 3.55. The van der Waals surface area contributed by atoms with Gasteiger partial charge in [0.25, 0.3) is 0 Å². The number of hydrogen-bond donors (Lipinski definition) is 1. The van der Waals surface area contributed by atoms with Crippen LogP contribution in [0.25, 0.3) is 0 Å². The number of ether oxygens (including phenoxy) is 2. The summed E-state index contributed by atoms with van der Waals surface area (Å²) in [6.45, 7) is 2.72. The molecule has 0 atom stereocenters. The third-order valence-corrected chi connectivity index (χ3v) is 4.96. The second-order valence-corrected chi connectivity index (χ2v) is 6.86. The normalized spacial score (nSPS) is 13.9. The Morgan fingerprint density at radius 3 is 2.26 bits per heavy atom. The number of anilines is 1.